The molecule has 1 amide bonds. The first-order valence-corrected chi connectivity index (χ1v) is 11.8. The van der Waals surface area contributed by atoms with Crippen LogP contribution in [0.2, 0.25) is 0 Å². The maximum Gasteiger partial charge on any atom is 0.348 e. The van der Waals surface area contributed by atoms with E-state index >= 15 is 0 Å². The quantitative estimate of drug-likeness (QED) is 0.563. The lowest BCUT2D eigenvalue weighted by Gasteiger charge is -2.15. The average molecular weight is 445 g/mol. The number of amides is 1. The molecule has 1 aromatic heterocycles. The third kappa shape index (κ3) is 3.38. The second kappa shape index (κ2) is 7.82. The second-order valence-corrected chi connectivity index (χ2v) is 9.58. The number of nitrogens with zero attached hydrogens (tertiary/aromatic N) is 1. The van der Waals surface area contributed by atoms with Crippen molar-refractivity contribution in [2.24, 2.45) is 0 Å². The molecule has 1 aliphatic rings. The Morgan fingerprint density at radius 3 is 2.67 bits per heavy atom. The van der Waals surface area contributed by atoms with Crippen LogP contribution >= 0.6 is 11.3 Å². The molecular formula is C21H20N2O5S2. The van der Waals surface area contributed by atoms with Crippen molar-refractivity contribution >= 4 is 49.7 Å². The van der Waals surface area contributed by atoms with Gasteiger partial charge in [-0.05, 0) is 44.2 Å². The third-order valence-electron chi connectivity index (χ3n) is 4.93. The zero-order valence-electron chi connectivity index (χ0n) is 16.5. The largest absolute Gasteiger partial charge is 0.462 e. The van der Waals surface area contributed by atoms with Crippen LogP contribution in [-0.2, 0) is 21.3 Å². The molecule has 0 saturated heterocycles. The number of ether oxygens (including phenoxy) is 1. The second-order valence-electron chi connectivity index (χ2n) is 6.67. The highest BCUT2D eigenvalue weighted by atomic mass is 32.2. The molecule has 156 valence electrons. The van der Waals surface area contributed by atoms with Gasteiger partial charge < -0.3 is 9.64 Å². The zero-order valence-corrected chi connectivity index (χ0v) is 18.1. The van der Waals surface area contributed by atoms with Crippen LogP contribution in [0.5, 0.6) is 0 Å². The van der Waals surface area contributed by atoms with Crippen molar-refractivity contribution in [2.45, 2.75) is 25.3 Å². The van der Waals surface area contributed by atoms with E-state index in [-0.39, 0.29) is 24.0 Å². The van der Waals surface area contributed by atoms with Gasteiger partial charge in [-0.2, -0.15) is 0 Å². The molecule has 0 radical (unpaired) electrons. The number of nitrogens with one attached hydrogen (secondary N) is 1. The summed E-state index contributed by atoms with van der Waals surface area (Å²) in [7, 11) is -3.84. The van der Waals surface area contributed by atoms with Crippen molar-refractivity contribution in [3.8, 4) is 0 Å². The van der Waals surface area contributed by atoms with Crippen LogP contribution < -0.4 is 9.62 Å². The first-order chi connectivity index (χ1) is 14.4. The standard InChI is InChI=1S/C21H20N2O5S2/c1-3-23-16-9-11-18(14-6-5-7-15(19(14)16)20(23)24)30(26,27)22-12-13-8-10-17(29-13)21(25)28-4-2/h5-11,22H,3-4,12H2,1-2H3. The van der Waals surface area contributed by atoms with Crippen molar-refractivity contribution in [3.63, 3.8) is 0 Å². The molecule has 0 saturated carbocycles. The maximum atomic E-state index is 13.0. The van der Waals surface area contributed by atoms with Crippen LogP contribution in [-0.4, -0.2) is 33.4 Å². The molecule has 2 aromatic carbocycles. The lowest BCUT2D eigenvalue weighted by molar-refractivity contribution is 0.0532. The molecule has 0 unspecified atom stereocenters. The average Bonchev–Trinajstić information content (AvgIpc) is 3.31. The number of esters is 1. The van der Waals surface area contributed by atoms with Gasteiger partial charge in [0.25, 0.3) is 5.91 Å². The van der Waals surface area contributed by atoms with Gasteiger partial charge in [0.1, 0.15) is 4.88 Å². The predicted molar refractivity (Wildman–Crippen MR) is 116 cm³/mol. The van der Waals surface area contributed by atoms with Crippen molar-refractivity contribution < 1.29 is 22.7 Å². The van der Waals surface area contributed by atoms with E-state index in [1.807, 2.05) is 6.92 Å². The molecule has 4 rings (SSSR count). The van der Waals surface area contributed by atoms with Crippen molar-refractivity contribution in [1.82, 2.24) is 4.72 Å². The Bertz CT molecular complexity index is 1260. The van der Waals surface area contributed by atoms with Crippen LogP contribution in [0.4, 0.5) is 5.69 Å². The number of sulfonamides is 1. The first kappa shape index (κ1) is 20.5. The van der Waals surface area contributed by atoms with E-state index in [2.05, 4.69) is 4.72 Å². The highest BCUT2D eigenvalue weighted by molar-refractivity contribution is 7.89. The van der Waals surface area contributed by atoms with E-state index in [4.69, 9.17) is 4.74 Å². The summed E-state index contributed by atoms with van der Waals surface area (Å²) in [6.45, 7) is 4.45. The van der Waals surface area contributed by atoms with Crippen molar-refractivity contribution in [3.05, 3.63) is 57.8 Å². The van der Waals surface area contributed by atoms with E-state index in [1.165, 1.54) is 17.4 Å². The Hall–Kier alpha value is -2.75. The SMILES string of the molecule is CCOC(=O)c1ccc(CNS(=O)(=O)c2ccc3c4c(cccc24)C(=O)N3CC)s1. The van der Waals surface area contributed by atoms with E-state index in [1.54, 1.807) is 48.2 Å². The Kier molecular flexibility index (Phi) is 5.35. The molecule has 0 bridgehead atoms. The Morgan fingerprint density at radius 1 is 1.13 bits per heavy atom. The van der Waals surface area contributed by atoms with Gasteiger partial charge in [-0.25, -0.2) is 17.9 Å². The van der Waals surface area contributed by atoms with Crippen molar-refractivity contribution in [2.75, 3.05) is 18.1 Å². The molecule has 30 heavy (non-hydrogen) atoms. The molecule has 9 heteroatoms. The summed E-state index contributed by atoms with van der Waals surface area (Å²) >= 11 is 1.19. The molecular weight excluding hydrogens is 424 g/mol. The van der Waals surface area contributed by atoms with Crippen LogP contribution in [0.3, 0.4) is 0 Å². The summed E-state index contributed by atoms with van der Waals surface area (Å²) in [4.78, 5) is 27.3. The molecule has 3 aromatic rings. The zero-order chi connectivity index (χ0) is 21.5. The van der Waals surface area contributed by atoms with Gasteiger partial charge in [0.15, 0.2) is 0 Å². The minimum Gasteiger partial charge on any atom is -0.462 e. The highest BCUT2D eigenvalue weighted by Crippen LogP contribution is 2.39. The Morgan fingerprint density at radius 2 is 1.93 bits per heavy atom. The van der Waals surface area contributed by atoms with Gasteiger partial charge in [-0.15, -0.1) is 11.3 Å². The number of hydrogen-bond donors (Lipinski definition) is 1. The van der Waals surface area contributed by atoms with Crippen LogP contribution in [0.25, 0.3) is 10.8 Å². The summed E-state index contributed by atoms with van der Waals surface area (Å²) in [6, 6.07) is 11.7. The lowest BCUT2D eigenvalue weighted by Crippen LogP contribution is -2.26. The number of carbonyl (C=O) groups excluding carboxylic acids is 2. The molecule has 1 aliphatic heterocycles. The first-order valence-electron chi connectivity index (χ1n) is 9.50. The van der Waals surface area contributed by atoms with E-state index in [0.29, 0.717) is 32.6 Å². The highest BCUT2D eigenvalue weighted by Gasteiger charge is 2.31. The molecule has 0 fully saturated rings. The lowest BCUT2D eigenvalue weighted by atomic mass is 10.1. The van der Waals surface area contributed by atoms with Gasteiger partial charge in [-0.3, -0.25) is 4.79 Å². The molecule has 1 N–H and O–H groups in total. The number of thiophene rings is 1. The van der Waals surface area contributed by atoms with Gasteiger partial charge in [0.2, 0.25) is 10.0 Å². The Balaban J connectivity index is 1.64. The van der Waals surface area contributed by atoms with Gasteiger partial charge in [-0.1, -0.05) is 12.1 Å². The summed E-state index contributed by atoms with van der Waals surface area (Å²) < 4.78 is 33.6. The van der Waals surface area contributed by atoms with Gasteiger partial charge in [0.05, 0.1) is 17.2 Å². The minimum atomic E-state index is -3.84. The maximum absolute atomic E-state index is 13.0. The van der Waals surface area contributed by atoms with Crippen LogP contribution in [0.1, 0.15) is 38.8 Å². The fourth-order valence-corrected chi connectivity index (χ4v) is 5.74. The molecule has 2 heterocycles. The number of anilines is 1. The van der Waals surface area contributed by atoms with E-state index in [0.717, 1.165) is 5.69 Å². The number of rotatable bonds is 7. The predicted octanol–water partition coefficient (Wildman–Crippen LogP) is 3.54. The summed E-state index contributed by atoms with van der Waals surface area (Å²) in [5.41, 5.74) is 1.24. The molecule has 7 nitrogen and oxygen atoms in total. The topological polar surface area (TPSA) is 92.8 Å². The molecule has 0 aliphatic carbocycles. The van der Waals surface area contributed by atoms with E-state index < -0.39 is 16.0 Å². The smallest absolute Gasteiger partial charge is 0.348 e. The number of carbonyl (C=O) groups is 2. The van der Waals surface area contributed by atoms with Gasteiger partial charge in [0, 0.05) is 34.3 Å². The molecule has 0 spiro atoms. The van der Waals surface area contributed by atoms with Gasteiger partial charge >= 0.3 is 5.97 Å². The summed E-state index contributed by atoms with van der Waals surface area (Å²) in [6.07, 6.45) is 0. The summed E-state index contributed by atoms with van der Waals surface area (Å²) in [5.74, 6) is -0.542. The van der Waals surface area contributed by atoms with Crippen molar-refractivity contribution in [1.29, 1.82) is 0 Å². The van der Waals surface area contributed by atoms with E-state index in [9.17, 15) is 18.0 Å². The van der Waals surface area contributed by atoms with Crippen LogP contribution in [0.15, 0.2) is 47.4 Å². The number of benzene rings is 2. The third-order valence-corrected chi connectivity index (χ3v) is 7.45. The number of hydrogen-bond acceptors (Lipinski definition) is 6. The fraction of sp³-hybridized carbons (Fsp3) is 0.238. The normalized spacial score (nSPS) is 13.3. The Labute approximate surface area is 178 Å². The summed E-state index contributed by atoms with van der Waals surface area (Å²) in [5, 5.41) is 1.17. The van der Waals surface area contributed by atoms with Crippen LogP contribution in [0, 0.1) is 0 Å². The monoisotopic (exact) mass is 444 g/mol. The minimum absolute atomic E-state index is 0.0509. The molecule has 0 atom stereocenters. The fourth-order valence-electron chi connectivity index (χ4n) is 3.60.